The summed E-state index contributed by atoms with van der Waals surface area (Å²) in [6.07, 6.45) is 1.06. The van der Waals surface area contributed by atoms with E-state index in [0.29, 0.717) is 12.3 Å². The van der Waals surface area contributed by atoms with Crippen LogP contribution < -0.4 is 4.74 Å². The fourth-order valence-electron chi connectivity index (χ4n) is 2.47. The molecule has 0 radical (unpaired) electrons. The zero-order valence-corrected chi connectivity index (χ0v) is 15.7. The zero-order valence-electron chi connectivity index (χ0n) is 14.9. The van der Waals surface area contributed by atoms with E-state index in [4.69, 9.17) is 9.15 Å². The van der Waals surface area contributed by atoms with Crippen molar-refractivity contribution in [1.82, 2.24) is 14.8 Å². The summed E-state index contributed by atoms with van der Waals surface area (Å²) in [7, 11) is 0. The predicted octanol–water partition coefficient (Wildman–Crippen LogP) is 3.57. The molecule has 6 nitrogen and oxygen atoms in total. The highest BCUT2D eigenvalue weighted by molar-refractivity contribution is 7.99. The monoisotopic (exact) mass is 373 g/mol. The lowest BCUT2D eigenvalue weighted by atomic mass is 10.2. The summed E-state index contributed by atoms with van der Waals surface area (Å²) in [4.78, 5) is 0. The van der Waals surface area contributed by atoms with E-state index in [0.717, 1.165) is 22.5 Å². The average molecular weight is 373 g/mol. The Hall–Kier alpha value is -2.25. The van der Waals surface area contributed by atoms with E-state index < -0.39 is 6.10 Å². The van der Waals surface area contributed by atoms with Crippen molar-refractivity contribution in [1.29, 1.82) is 0 Å². The molecule has 2 aromatic heterocycles. The van der Waals surface area contributed by atoms with E-state index in [-0.39, 0.29) is 12.5 Å². The van der Waals surface area contributed by atoms with Crippen molar-refractivity contribution >= 4 is 11.8 Å². The third kappa shape index (κ3) is 4.89. The van der Waals surface area contributed by atoms with Crippen LogP contribution in [0.4, 0.5) is 0 Å². The van der Waals surface area contributed by atoms with Crippen LogP contribution in [-0.4, -0.2) is 38.3 Å². The molecule has 1 N–H and O–H groups in total. The number of aromatic nitrogens is 3. The number of aliphatic hydroxyl groups excluding tert-OH is 1. The first kappa shape index (κ1) is 18.5. The minimum Gasteiger partial charge on any atom is -0.491 e. The molecular formula is C19H23N3O3S. The largest absolute Gasteiger partial charge is 0.491 e. The summed E-state index contributed by atoms with van der Waals surface area (Å²) in [6, 6.07) is 13.3. The fraction of sp³-hybridized carbons (Fsp3) is 0.368. The SMILES string of the molecule is CC(C)c1nnc(SC[C@@H](O)COc2ccccc2)n1Cc1ccco1. The number of aliphatic hydroxyl groups is 1. The van der Waals surface area contributed by atoms with Crippen LogP contribution in [0.2, 0.25) is 0 Å². The van der Waals surface area contributed by atoms with E-state index in [1.807, 2.05) is 47.0 Å². The molecule has 138 valence electrons. The van der Waals surface area contributed by atoms with E-state index in [1.165, 1.54) is 11.8 Å². The van der Waals surface area contributed by atoms with Crippen LogP contribution in [0.25, 0.3) is 0 Å². The number of nitrogens with zero attached hydrogens (tertiary/aromatic N) is 3. The molecule has 0 aliphatic heterocycles. The van der Waals surface area contributed by atoms with Crippen molar-refractivity contribution in [2.75, 3.05) is 12.4 Å². The van der Waals surface area contributed by atoms with Crippen molar-refractivity contribution in [2.24, 2.45) is 0 Å². The summed E-state index contributed by atoms with van der Waals surface area (Å²) in [5.74, 6) is 3.22. The Bertz CT molecular complexity index is 788. The molecule has 2 heterocycles. The normalized spacial score (nSPS) is 12.5. The molecule has 0 unspecified atom stereocenters. The number of benzene rings is 1. The molecule has 7 heteroatoms. The number of para-hydroxylation sites is 1. The molecule has 3 aromatic rings. The van der Waals surface area contributed by atoms with Gasteiger partial charge < -0.3 is 14.3 Å². The van der Waals surface area contributed by atoms with Gasteiger partial charge in [0.1, 0.15) is 23.9 Å². The smallest absolute Gasteiger partial charge is 0.191 e. The Balaban J connectivity index is 1.60. The van der Waals surface area contributed by atoms with E-state index in [2.05, 4.69) is 24.0 Å². The lowest BCUT2D eigenvalue weighted by Gasteiger charge is -2.13. The Kier molecular flexibility index (Phi) is 6.35. The quantitative estimate of drug-likeness (QED) is 0.578. The van der Waals surface area contributed by atoms with Crippen molar-refractivity contribution in [3.05, 3.63) is 60.3 Å². The lowest BCUT2D eigenvalue weighted by molar-refractivity contribution is 0.126. The number of hydrogen-bond donors (Lipinski definition) is 1. The first-order chi connectivity index (χ1) is 12.6. The molecule has 0 aliphatic carbocycles. The van der Waals surface area contributed by atoms with Crippen molar-refractivity contribution in [3.8, 4) is 5.75 Å². The van der Waals surface area contributed by atoms with Gasteiger partial charge in [-0.3, -0.25) is 4.57 Å². The van der Waals surface area contributed by atoms with Gasteiger partial charge in [0, 0.05) is 11.7 Å². The van der Waals surface area contributed by atoms with Gasteiger partial charge in [-0.2, -0.15) is 0 Å². The number of furan rings is 1. The second-order valence-electron chi connectivity index (χ2n) is 6.25. The number of rotatable bonds is 9. The van der Waals surface area contributed by atoms with E-state index in [1.54, 1.807) is 6.26 Å². The zero-order chi connectivity index (χ0) is 18.4. The highest BCUT2D eigenvalue weighted by Gasteiger charge is 2.18. The average Bonchev–Trinajstić information content (AvgIpc) is 3.29. The maximum atomic E-state index is 10.2. The van der Waals surface area contributed by atoms with Gasteiger partial charge in [0.05, 0.1) is 18.9 Å². The van der Waals surface area contributed by atoms with Gasteiger partial charge in [-0.05, 0) is 24.3 Å². The molecule has 26 heavy (non-hydrogen) atoms. The van der Waals surface area contributed by atoms with Gasteiger partial charge in [-0.1, -0.05) is 43.8 Å². The Morgan fingerprint density at radius 2 is 1.96 bits per heavy atom. The lowest BCUT2D eigenvalue weighted by Crippen LogP contribution is -2.20. The minimum atomic E-state index is -0.600. The molecule has 0 saturated heterocycles. The third-order valence-electron chi connectivity index (χ3n) is 3.75. The maximum Gasteiger partial charge on any atom is 0.191 e. The summed E-state index contributed by atoms with van der Waals surface area (Å²) in [5.41, 5.74) is 0. The molecule has 0 saturated carbocycles. The number of ether oxygens (including phenoxy) is 1. The van der Waals surface area contributed by atoms with Crippen molar-refractivity contribution in [2.45, 2.75) is 37.6 Å². The maximum absolute atomic E-state index is 10.2. The molecular weight excluding hydrogens is 350 g/mol. The molecule has 0 spiro atoms. The molecule has 0 aliphatic rings. The van der Waals surface area contributed by atoms with Gasteiger partial charge in [0.25, 0.3) is 0 Å². The van der Waals surface area contributed by atoms with Gasteiger partial charge in [-0.25, -0.2) is 0 Å². The minimum absolute atomic E-state index is 0.236. The van der Waals surface area contributed by atoms with Crippen LogP contribution >= 0.6 is 11.8 Å². The predicted molar refractivity (Wildman–Crippen MR) is 101 cm³/mol. The molecule has 0 bridgehead atoms. The van der Waals surface area contributed by atoms with Crippen LogP contribution in [0.1, 0.15) is 31.4 Å². The molecule has 1 atom stereocenters. The Morgan fingerprint density at radius 3 is 2.65 bits per heavy atom. The van der Waals surface area contributed by atoms with Gasteiger partial charge in [-0.15, -0.1) is 10.2 Å². The van der Waals surface area contributed by atoms with Crippen LogP contribution in [-0.2, 0) is 6.54 Å². The van der Waals surface area contributed by atoms with Crippen LogP contribution in [0, 0.1) is 0 Å². The second-order valence-corrected chi connectivity index (χ2v) is 7.24. The van der Waals surface area contributed by atoms with Gasteiger partial charge >= 0.3 is 0 Å². The fourth-order valence-corrected chi connectivity index (χ4v) is 3.32. The topological polar surface area (TPSA) is 73.3 Å². The van der Waals surface area contributed by atoms with Crippen LogP contribution in [0.3, 0.4) is 0 Å². The number of hydrogen-bond acceptors (Lipinski definition) is 6. The Labute approximate surface area is 157 Å². The third-order valence-corrected chi connectivity index (χ3v) is 4.86. The highest BCUT2D eigenvalue weighted by Crippen LogP contribution is 2.23. The molecule has 1 aromatic carbocycles. The standard InChI is InChI=1S/C19H23N3O3S/c1-14(2)18-20-21-19(22(18)11-17-9-6-10-24-17)26-13-15(23)12-25-16-7-4-3-5-8-16/h3-10,14-15,23H,11-13H2,1-2H3/t15-/m0/s1. The van der Waals surface area contributed by atoms with Gasteiger partial charge in [0.15, 0.2) is 5.16 Å². The summed E-state index contributed by atoms with van der Waals surface area (Å²) < 4.78 is 13.1. The molecule has 3 rings (SSSR count). The van der Waals surface area contributed by atoms with Crippen molar-refractivity contribution in [3.63, 3.8) is 0 Å². The van der Waals surface area contributed by atoms with E-state index in [9.17, 15) is 5.11 Å². The molecule has 0 fully saturated rings. The molecule has 0 amide bonds. The summed E-state index contributed by atoms with van der Waals surface area (Å²) in [5, 5.41) is 19.6. The van der Waals surface area contributed by atoms with Crippen LogP contribution in [0.15, 0.2) is 58.3 Å². The first-order valence-electron chi connectivity index (χ1n) is 8.57. The first-order valence-corrected chi connectivity index (χ1v) is 9.56. The van der Waals surface area contributed by atoms with E-state index >= 15 is 0 Å². The summed E-state index contributed by atoms with van der Waals surface area (Å²) in [6.45, 7) is 4.98. The Morgan fingerprint density at radius 1 is 1.15 bits per heavy atom. The van der Waals surface area contributed by atoms with Gasteiger partial charge in [0.2, 0.25) is 0 Å². The van der Waals surface area contributed by atoms with Crippen molar-refractivity contribution < 1.29 is 14.3 Å². The summed E-state index contributed by atoms with van der Waals surface area (Å²) >= 11 is 1.47. The van der Waals surface area contributed by atoms with Crippen LogP contribution in [0.5, 0.6) is 5.75 Å². The number of thioether (sulfide) groups is 1. The highest BCUT2D eigenvalue weighted by atomic mass is 32.2. The second kappa shape index (κ2) is 8.91.